The van der Waals surface area contributed by atoms with Gasteiger partial charge in [0.15, 0.2) is 5.13 Å². The first kappa shape index (κ1) is 21.6. The van der Waals surface area contributed by atoms with Gasteiger partial charge < -0.3 is 4.74 Å². The zero-order chi connectivity index (χ0) is 22.6. The summed E-state index contributed by atoms with van der Waals surface area (Å²) in [6, 6.07) is 23.1. The molecule has 33 heavy (non-hydrogen) atoms. The lowest BCUT2D eigenvalue weighted by molar-refractivity contribution is 0.102. The highest BCUT2D eigenvalue weighted by atomic mass is 32.1. The second-order valence-electron chi connectivity index (χ2n) is 8.68. The Bertz CT molecular complexity index is 1250. The van der Waals surface area contributed by atoms with Crippen molar-refractivity contribution in [1.82, 2.24) is 9.88 Å². The van der Waals surface area contributed by atoms with Crippen LogP contribution < -0.4 is 10.1 Å². The average molecular weight is 458 g/mol. The van der Waals surface area contributed by atoms with Gasteiger partial charge in [-0.3, -0.25) is 15.0 Å². The maximum Gasteiger partial charge on any atom is 0.257 e. The number of para-hydroxylation sites is 1. The first-order valence-electron chi connectivity index (χ1n) is 11.4. The second-order valence-corrected chi connectivity index (χ2v) is 9.71. The number of thiazole rings is 1. The summed E-state index contributed by atoms with van der Waals surface area (Å²) in [5.41, 5.74) is 2.74. The number of rotatable bonds is 6. The average Bonchev–Trinajstić information content (AvgIpc) is 3.23. The molecular formula is C27H27N3O2S. The highest BCUT2D eigenvalue weighted by Gasteiger charge is 2.16. The van der Waals surface area contributed by atoms with E-state index in [0.29, 0.717) is 16.4 Å². The molecule has 0 saturated carbocycles. The van der Waals surface area contributed by atoms with E-state index < -0.39 is 0 Å². The Hall–Kier alpha value is -3.22. The molecule has 0 aliphatic carbocycles. The van der Waals surface area contributed by atoms with Gasteiger partial charge >= 0.3 is 0 Å². The van der Waals surface area contributed by atoms with E-state index in [-0.39, 0.29) is 5.91 Å². The van der Waals surface area contributed by atoms with Crippen molar-refractivity contribution < 1.29 is 9.53 Å². The van der Waals surface area contributed by atoms with Gasteiger partial charge in [0.25, 0.3) is 5.91 Å². The van der Waals surface area contributed by atoms with Crippen LogP contribution in [0.1, 0.15) is 35.7 Å². The third-order valence-electron chi connectivity index (χ3n) is 6.03. The van der Waals surface area contributed by atoms with Gasteiger partial charge in [-0.1, -0.05) is 48.6 Å². The molecule has 1 aliphatic heterocycles. The molecule has 3 aromatic carbocycles. The first-order valence-corrected chi connectivity index (χ1v) is 12.2. The first-order chi connectivity index (χ1) is 16.1. The Labute approximate surface area is 198 Å². The van der Waals surface area contributed by atoms with Gasteiger partial charge in [-0.25, -0.2) is 4.98 Å². The number of nitrogens with one attached hydrogen (secondary N) is 1. The zero-order valence-corrected chi connectivity index (χ0v) is 19.5. The monoisotopic (exact) mass is 457 g/mol. The van der Waals surface area contributed by atoms with Crippen molar-refractivity contribution in [3.8, 4) is 11.5 Å². The predicted molar refractivity (Wildman–Crippen MR) is 134 cm³/mol. The van der Waals surface area contributed by atoms with Crippen LogP contribution in [0.5, 0.6) is 11.5 Å². The highest BCUT2D eigenvalue weighted by molar-refractivity contribution is 7.22. The number of benzene rings is 3. The largest absolute Gasteiger partial charge is 0.457 e. The lowest BCUT2D eigenvalue weighted by Gasteiger charge is -2.30. The molecule has 0 radical (unpaired) electrons. The molecule has 1 aromatic heterocycles. The maximum absolute atomic E-state index is 12.8. The van der Waals surface area contributed by atoms with Crippen molar-refractivity contribution in [1.29, 1.82) is 0 Å². The molecule has 5 rings (SSSR count). The van der Waals surface area contributed by atoms with E-state index in [1.165, 1.54) is 29.7 Å². The summed E-state index contributed by atoms with van der Waals surface area (Å²) in [6.45, 7) is 5.63. The number of likely N-dealkylation sites (tertiary alicyclic amines) is 1. The lowest BCUT2D eigenvalue weighted by Crippen LogP contribution is -2.32. The van der Waals surface area contributed by atoms with Crippen LogP contribution in [-0.4, -0.2) is 28.9 Å². The van der Waals surface area contributed by atoms with Gasteiger partial charge in [0.2, 0.25) is 0 Å². The van der Waals surface area contributed by atoms with Crippen LogP contribution in [-0.2, 0) is 6.54 Å². The molecule has 2 heterocycles. The fourth-order valence-corrected chi connectivity index (χ4v) is 5.02. The minimum atomic E-state index is -0.199. The molecule has 1 aliphatic rings. The smallest absolute Gasteiger partial charge is 0.257 e. The SMILES string of the molecule is CC1CCN(Cc2ccc3nc(NC(=O)c4cccc(Oc5ccccc5)c4)sc3c2)CC1. The number of anilines is 1. The van der Waals surface area contributed by atoms with Crippen molar-refractivity contribution in [3.05, 3.63) is 83.9 Å². The normalized spacial score (nSPS) is 14.9. The van der Waals surface area contributed by atoms with E-state index in [1.807, 2.05) is 42.5 Å². The summed E-state index contributed by atoms with van der Waals surface area (Å²) in [6.07, 6.45) is 2.55. The number of carbonyl (C=O) groups excluding carboxylic acids is 1. The van der Waals surface area contributed by atoms with Crippen molar-refractivity contribution >= 4 is 32.6 Å². The van der Waals surface area contributed by atoms with E-state index in [1.54, 1.807) is 12.1 Å². The summed E-state index contributed by atoms with van der Waals surface area (Å²) in [5, 5.41) is 3.55. The fraction of sp³-hybridized carbons (Fsp3) is 0.259. The summed E-state index contributed by atoms with van der Waals surface area (Å²) < 4.78 is 6.94. The molecule has 5 nitrogen and oxygen atoms in total. The number of piperidine rings is 1. The van der Waals surface area contributed by atoms with Gasteiger partial charge in [-0.2, -0.15) is 0 Å². The Morgan fingerprint density at radius 1 is 1.03 bits per heavy atom. The van der Waals surface area contributed by atoms with Crippen LogP contribution in [0.4, 0.5) is 5.13 Å². The molecule has 6 heteroatoms. The third kappa shape index (κ3) is 5.41. The standard InChI is InChI=1S/C27H27N3O2S/c1-19-12-14-30(15-13-19)18-20-10-11-24-25(16-20)33-27(28-24)29-26(31)21-6-5-9-23(17-21)32-22-7-3-2-4-8-22/h2-11,16-17,19H,12-15,18H2,1H3,(H,28,29,31). The molecule has 0 spiro atoms. The number of hydrogen-bond acceptors (Lipinski definition) is 5. The topological polar surface area (TPSA) is 54.5 Å². The van der Waals surface area contributed by atoms with Crippen LogP contribution in [0, 0.1) is 5.92 Å². The number of ether oxygens (including phenoxy) is 1. The number of aromatic nitrogens is 1. The van der Waals surface area contributed by atoms with Crippen LogP contribution in [0.3, 0.4) is 0 Å². The molecule has 1 fully saturated rings. The highest BCUT2D eigenvalue weighted by Crippen LogP contribution is 2.29. The van der Waals surface area contributed by atoms with E-state index in [2.05, 4.69) is 40.3 Å². The number of fused-ring (bicyclic) bond motifs is 1. The zero-order valence-electron chi connectivity index (χ0n) is 18.7. The summed E-state index contributed by atoms with van der Waals surface area (Å²) in [5.74, 6) is 1.99. The third-order valence-corrected chi connectivity index (χ3v) is 6.96. The van der Waals surface area contributed by atoms with E-state index in [4.69, 9.17) is 4.74 Å². The van der Waals surface area contributed by atoms with Gasteiger partial charge in [0.1, 0.15) is 11.5 Å². The van der Waals surface area contributed by atoms with Crippen molar-refractivity contribution in [2.45, 2.75) is 26.3 Å². The molecule has 1 N–H and O–H groups in total. The molecule has 4 aromatic rings. The lowest BCUT2D eigenvalue weighted by atomic mass is 9.99. The molecule has 1 amide bonds. The van der Waals surface area contributed by atoms with E-state index in [9.17, 15) is 4.79 Å². The molecule has 168 valence electrons. The number of hydrogen-bond donors (Lipinski definition) is 1. The molecule has 1 saturated heterocycles. The molecule has 0 atom stereocenters. The summed E-state index contributed by atoms with van der Waals surface area (Å²) in [4.78, 5) is 20.0. The van der Waals surface area contributed by atoms with Gasteiger partial charge in [0.05, 0.1) is 10.2 Å². The summed E-state index contributed by atoms with van der Waals surface area (Å²) in [7, 11) is 0. The van der Waals surface area contributed by atoms with Gasteiger partial charge in [-0.05, 0) is 79.9 Å². The molecule has 0 bridgehead atoms. The fourth-order valence-electron chi connectivity index (χ4n) is 4.09. The van der Waals surface area contributed by atoms with Crippen molar-refractivity contribution in [2.24, 2.45) is 5.92 Å². The summed E-state index contributed by atoms with van der Waals surface area (Å²) >= 11 is 1.51. The number of nitrogens with zero attached hydrogens (tertiary/aromatic N) is 2. The minimum Gasteiger partial charge on any atom is -0.457 e. The predicted octanol–water partition coefficient (Wildman–Crippen LogP) is 6.57. The molecular weight excluding hydrogens is 430 g/mol. The quantitative estimate of drug-likeness (QED) is 0.356. The van der Waals surface area contributed by atoms with Crippen LogP contribution in [0.15, 0.2) is 72.8 Å². The Kier molecular flexibility index (Phi) is 6.37. The van der Waals surface area contributed by atoms with E-state index in [0.717, 1.165) is 41.5 Å². The van der Waals surface area contributed by atoms with Gasteiger partial charge in [0, 0.05) is 12.1 Å². The van der Waals surface area contributed by atoms with Crippen LogP contribution >= 0.6 is 11.3 Å². The Morgan fingerprint density at radius 3 is 2.64 bits per heavy atom. The maximum atomic E-state index is 12.8. The Morgan fingerprint density at radius 2 is 1.82 bits per heavy atom. The van der Waals surface area contributed by atoms with Crippen molar-refractivity contribution in [3.63, 3.8) is 0 Å². The second kappa shape index (κ2) is 9.73. The van der Waals surface area contributed by atoms with E-state index >= 15 is 0 Å². The number of carbonyl (C=O) groups is 1. The van der Waals surface area contributed by atoms with Crippen LogP contribution in [0.25, 0.3) is 10.2 Å². The van der Waals surface area contributed by atoms with Crippen molar-refractivity contribution in [2.75, 3.05) is 18.4 Å². The van der Waals surface area contributed by atoms with Gasteiger partial charge in [-0.15, -0.1) is 0 Å². The minimum absolute atomic E-state index is 0.199. The Balaban J connectivity index is 1.26. The number of amides is 1. The van der Waals surface area contributed by atoms with Crippen LogP contribution in [0.2, 0.25) is 0 Å². The molecule has 0 unspecified atom stereocenters.